The molecule has 0 aliphatic rings. The average Bonchev–Trinajstić information content (AvgIpc) is 2.35. The summed E-state index contributed by atoms with van der Waals surface area (Å²) in [6.07, 6.45) is 10.3. The molecule has 0 spiro atoms. The number of hydrogen-bond donors (Lipinski definition) is 1. The Morgan fingerprint density at radius 3 is 2.72 bits per heavy atom. The van der Waals surface area contributed by atoms with Crippen LogP contribution in [-0.2, 0) is 0 Å². The fraction of sp³-hybridized carbons (Fsp3) is 0.667. The summed E-state index contributed by atoms with van der Waals surface area (Å²) in [5.41, 5.74) is 2.33. The minimum atomic E-state index is 0.504. The zero-order valence-electron chi connectivity index (χ0n) is 12.2. The number of nitrogens with zero attached hydrogens (tertiary/aromatic N) is 2. The molecule has 0 saturated heterocycles. The van der Waals surface area contributed by atoms with E-state index in [1.165, 1.54) is 37.8 Å². The van der Waals surface area contributed by atoms with Crippen LogP contribution in [0, 0.1) is 0 Å². The molecule has 0 radical (unpaired) electrons. The molecule has 1 N–H and O–H groups in total. The topological polar surface area (TPSA) is 28.2 Å². The highest BCUT2D eigenvalue weighted by molar-refractivity contribution is 5.68. The summed E-state index contributed by atoms with van der Waals surface area (Å²) in [5, 5.41) is 3.56. The van der Waals surface area contributed by atoms with E-state index in [2.05, 4.69) is 43.1 Å². The highest BCUT2D eigenvalue weighted by Gasteiger charge is 2.07. The first-order chi connectivity index (χ1) is 8.65. The van der Waals surface area contributed by atoms with Crippen molar-refractivity contribution >= 4 is 11.4 Å². The lowest BCUT2D eigenvalue weighted by molar-refractivity contribution is 0.594. The van der Waals surface area contributed by atoms with Crippen molar-refractivity contribution in [2.24, 2.45) is 0 Å². The molecule has 3 heteroatoms. The van der Waals surface area contributed by atoms with Crippen molar-refractivity contribution < 1.29 is 0 Å². The van der Waals surface area contributed by atoms with Gasteiger partial charge in [-0.05, 0) is 19.4 Å². The normalized spacial score (nSPS) is 12.2. The Bertz CT molecular complexity index is 336. The van der Waals surface area contributed by atoms with E-state index in [9.17, 15) is 0 Å². The van der Waals surface area contributed by atoms with Crippen molar-refractivity contribution in [2.75, 3.05) is 24.3 Å². The SMILES string of the molecule is CCCCCCC(C)Nc1cnccc1N(C)C. The van der Waals surface area contributed by atoms with Gasteiger partial charge in [0.15, 0.2) is 0 Å². The second-order valence-electron chi connectivity index (χ2n) is 5.18. The Hall–Kier alpha value is -1.25. The number of anilines is 2. The molecule has 1 unspecified atom stereocenters. The van der Waals surface area contributed by atoms with Gasteiger partial charge in [-0.1, -0.05) is 32.6 Å². The molecule has 1 aromatic heterocycles. The van der Waals surface area contributed by atoms with Crippen molar-refractivity contribution in [1.82, 2.24) is 4.98 Å². The van der Waals surface area contributed by atoms with Crippen LogP contribution in [-0.4, -0.2) is 25.1 Å². The fourth-order valence-corrected chi connectivity index (χ4v) is 2.10. The van der Waals surface area contributed by atoms with Gasteiger partial charge in [0, 0.05) is 26.3 Å². The summed E-state index contributed by atoms with van der Waals surface area (Å²) in [4.78, 5) is 6.32. The zero-order valence-corrected chi connectivity index (χ0v) is 12.2. The van der Waals surface area contributed by atoms with Crippen LogP contribution >= 0.6 is 0 Å². The van der Waals surface area contributed by atoms with Crippen molar-refractivity contribution in [3.05, 3.63) is 18.5 Å². The quantitative estimate of drug-likeness (QED) is 0.708. The third-order valence-electron chi connectivity index (χ3n) is 3.17. The van der Waals surface area contributed by atoms with Gasteiger partial charge < -0.3 is 10.2 Å². The van der Waals surface area contributed by atoms with Crippen LogP contribution < -0.4 is 10.2 Å². The van der Waals surface area contributed by atoms with Crippen LogP contribution in [0.1, 0.15) is 46.0 Å². The van der Waals surface area contributed by atoms with Gasteiger partial charge in [-0.3, -0.25) is 4.98 Å². The van der Waals surface area contributed by atoms with E-state index in [1.54, 1.807) is 0 Å². The Balaban J connectivity index is 2.46. The Labute approximate surface area is 112 Å². The minimum absolute atomic E-state index is 0.504. The predicted molar refractivity (Wildman–Crippen MR) is 80.4 cm³/mol. The Kier molecular flexibility index (Phi) is 6.55. The van der Waals surface area contributed by atoms with E-state index in [1.807, 2.05) is 18.5 Å². The first kappa shape index (κ1) is 14.8. The molecule has 0 aliphatic heterocycles. The number of rotatable bonds is 8. The highest BCUT2D eigenvalue weighted by Crippen LogP contribution is 2.23. The lowest BCUT2D eigenvalue weighted by Crippen LogP contribution is -2.18. The average molecular weight is 249 g/mol. The van der Waals surface area contributed by atoms with Crippen LogP contribution in [0.4, 0.5) is 11.4 Å². The maximum atomic E-state index is 4.20. The van der Waals surface area contributed by atoms with Crippen molar-refractivity contribution in [2.45, 2.75) is 52.0 Å². The van der Waals surface area contributed by atoms with E-state index in [0.717, 1.165) is 5.69 Å². The van der Waals surface area contributed by atoms with Gasteiger partial charge in [-0.25, -0.2) is 0 Å². The molecular weight excluding hydrogens is 222 g/mol. The third kappa shape index (κ3) is 4.94. The molecule has 1 atom stereocenters. The molecule has 0 saturated carbocycles. The lowest BCUT2D eigenvalue weighted by atomic mass is 10.1. The predicted octanol–water partition coefficient (Wildman–Crippen LogP) is 3.92. The molecule has 0 fully saturated rings. The van der Waals surface area contributed by atoms with Gasteiger partial charge in [-0.2, -0.15) is 0 Å². The van der Waals surface area contributed by atoms with E-state index >= 15 is 0 Å². The first-order valence-electron chi connectivity index (χ1n) is 7.03. The van der Waals surface area contributed by atoms with Crippen LogP contribution in [0.15, 0.2) is 18.5 Å². The molecule has 0 bridgehead atoms. The number of aromatic nitrogens is 1. The highest BCUT2D eigenvalue weighted by atomic mass is 15.1. The van der Waals surface area contributed by atoms with Crippen molar-refractivity contribution in [3.8, 4) is 0 Å². The maximum absolute atomic E-state index is 4.20. The summed E-state index contributed by atoms with van der Waals surface area (Å²) in [6, 6.07) is 2.55. The molecule has 1 aromatic rings. The molecular formula is C15H27N3. The van der Waals surface area contributed by atoms with E-state index in [0.29, 0.717) is 6.04 Å². The van der Waals surface area contributed by atoms with E-state index in [-0.39, 0.29) is 0 Å². The number of nitrogens with one attached hydrogen (secondary N) is 1. The standard InChI is InChI=1S/C15H27N3/c1-5-6-7-8-9-13(2)17-14-12-16-11-10-15(14)18(3)4/h10-13,17H,5-9H2,1-4H3. The maximum Gasteiger partial charge on any atom is 0.0766 e. The Morgan fingerprint density at radius 1 is 1.28 bits per heavy atom. The minimum Gasteiger partial charge on any atom is -0.380 e. The fourth-order valence-electron chi connectivity index (χ4n) is 2.10. The Morgan fingerprint density at radius 2 is 2.06 bits per heavy atom. The second kappa shape index (κ2) is 7.96. The van der Waals surface area contributed by atoms with Gasteiger partial charge in [0.25, 0.3) is 0 Å². The molecule has 102 valence electrons. The van der Waals surface area contributed by atoms with Crippen LogP contribution in [0.2, 0.25) is 0 Å². The second-order valence-corrected chi connectivity index (χ2v) is 5.18. The van der Waals surface area contributed by atoms with Crippen LogP contribution in [0.5, 0.6) is 0 Å². The van der Waals surface area contributed by atoms with Crippen molar-refractivity contribution in [1.29, 1.82) is 0 Å². The van der Waals surface area contributed by atoms with Crippen molar-refractivity contribution in [3.63, 3.8) is 0 Å². The van der Waals surface area contributed by atoms with Gasteiger partial charge in [0.2, 0.25) is 0 Å². The molecule has 0 amide bonds. The monoisotopic (exact) mass is 249 g/mol. The lowest BCUT2D eigenvalue weighted by Gasteiger charge is -2.21. The molecule has 18 heavy (non-hydrogen) atoms. The van der Waals surface area contributed by atoms with Gasteiger partial charge >= 0.3 is 0 Å². The molecule has 0 aromatic carbocycles. The van der Waals surface area contributed by atoms with Crippen LogP contribution in [0.3, 0.4) is 0 Å². The first-order valence-corrected chi connectivity index (χ1v) is 7.03. The summed E-state index contributed by atoms with van der Waals surface area (Å²) >= 11 is 0. The van der Waals surface area contributed by atoms with E-state index in [4.69, 9.17) is 0 Å². The largest absolute Gasteiger partial charge is 0.380 e. The molecule has 3 nitrogen and oxygen atoms in total. The number of hydrogen-bond acceptors (Lipinski definition) is 3. The van der Waals surface area contributed by atoms with Gasteiger partial charge in [-0.15, -0.1) is 0 Å². The smallest absolute Gasteiger partial charge is 0.0766 e. The molecule has 0 aliphatic carbocycles. The third-order valence-corrected chi connectivity index (χ3v) is 3.17. The number of pyridine rings is 1. The molecule has 1 heterocycles. The van der Waals surface area contributed by atoms with Crippen LogP contribution in [0.25, 0.3) is 0 Å². The van der Waals surface area contributed by atoms with Gasteiger partial charge in [0.05, 0.1) is 17.6 Å². The van der Waals surface area contributed by atoms with E-state index < -0.39 is 0 Å². The summed E-state index contributed by atoms with van der Waals surface area (Å²) in [7, 11) is 4.12. The summed E-state index contributed by atoms with van der Waals surface area (Å²) in [5.74, 6) is 0. The summed E-state index contributed by atoms with van der Waals surface area (Å²) < 4.78 is 0. The zero-order chi connectivity index (χ0) is 13.4. The number of unbranched alkanes of at least 4 members (excludes halogenated alkanes) is 3. The molecule has 1 rings (SSSR count). The van der Waals surface area contributed by atoms with Gasteiger partial charge in [0.1, 0.15) is 0 Å². The summed E-state index contributed by atoms with van der Waals surface area (Å²) in [6.45, 7) is 4.50.